The number of carbonyl (C=O) groups is 2. The molecule has 0 saturated heterocycles. The van der Waals surface area contributed by atoms with E-state index in [4.69, 9.17) is 10.9 Å². The summed E-state index contributed by atoms with van der Waals surface area (Å²) in [4.78, 5) is 26.9. The van der Waals surface area contributed by atoms with E-state index in [1.165, 1.54) is 23.8 Å². The molecular weight excluding hydrogens is 260 g/mol. The van der Waals surface area contributed by atoms with Crippen molar-refractivity contribution < 1.29 is 14.8 Å². The number of para-hydroxylation sites is 2. The summed E-state index contributed by atoms with van der Waals surface area (Å²) in [6.45, 7) is 0. The first-order valence-corrected chi connectivity index (χ1v) is 5.68. The lowest BCUT2D eigenvalue weighted by Gasteiger charge is -2.07. The van der Waals surface area contributed by atoms with Crippen LogP contribution < -0.4 is 16.5 Å². The zero-order valence-electron chi connectivity index (χ0n) is 10.3. The first kappa shape index (κ1) is 13.5. The zero-order chi connectivity index (χ0) is 14.5. The van der Waals surface area contributed by atoms with Gasteiger partial charge in [-0.25, -0.2) is 5.48 Å². The number of pyridine rings is 1. The molecule has 7 heteroatoms. The molecule has 0 aliphatic rings. The molecule has 1 heterocycles. The fourth-order valence-electron chi connectivity index (χ4n) is 1.52. The fraction of sp³-hybridized carbons (Fsp3) is 0. The number of aromatic nitrogens is 1. The number of hydroxylamine groups is 1. The molecule has 102 valence electrons. The van der Waals surface area contributed by atoms with Crippen molar-refractivity contribution in [2.45, 2.75) is 0 Å². The maximum atomic E-state index is 11.9. The first-order valence-electron chi connectivity index (χ1n) is 5.68. The largest absolute Gasteiger partial charge is 0.397 e. The number of nitrogens with one attached hydrogen (secondary N) is 2. The average molecular weight is 272 g/mol. The van der Waals surface area contributed by atoms with Crippen LogP contribution in [0.4, 0.5) is 11.4 Å². The lowest BCUT2D eigenvalue weighted by molar-refractivity contribution is 0.0705. The van der Waals surface area contributed by atoms with Crippen molar-refractivity contribution in [1.29, 1.82) is 0 Å². The Hall–Kier alpha value is -2.93. The molecule has 0 bridgehead atoms. The number of hydrogen-bond donors (Lipinski definition) is 4. The normalized spacial score (nSPS) is 9.85. The summed E-state index contributed by atoms with van der Waals surface area (Å²) in [7, 11) is 0. The van der Waals surface area contributed by atoms with Gasteiger partial charge in [-0.3, -0.25) is 19.8 Å². The van der Waals surface area contributed by atoms with Crippen LogP contribution in [0.3, 0.4) is 0 Å². The Morgan fingerprint density at radius 1 is 1.10 bits per heavy atom. The monoisotopic (exact) mass is 272 g/mol. The van der Waals surface area contributed by atoms with E-state index in [0.29, 0.717) is 11.4 Å². The summed E-state index contributed by atoms with van der Waals surface area (Å²) in [5.74, 6) is -1.14. The van der Waals surface area contributed by atoms with E-state index in [0.717, 1.165) is 0 Å². The summed E-state index contributed by atoms with van der Waals surface area (Å²) in [5, 5.41) is 11.1. The van der Waals surface area contributed by atoms with Crippen molar-refractivity contribution in [3.63, 3.8) is 0 Å². The van der Waals surface area contributed by atoms with E-state index in [9.17, 15) is 9.59 Å². The number of anilines is 2. The van der Waals surface area contributed by atoms with Gasteiger partial charge < -0.3 is 11.1 Å². The molecule has 0 fully saturated rings. The highest BCUT2D eigenvalue weighted by Crippen LogP contribution is 2.17. The summed E-state index contributed by atoms with van der Waals surface area (Å²) in [5.41, 5.74) is 8.39. The van der Waals surface area contributed by atoms with E-state index in [1.807, 2.05) is 0 Å². The third-order valence-corrected chi connectivity index (χ3v) is 2.57. The number of nitrogens with two attached hydrogens (primary N) is 1. The Morgan fingerprint density at radius 3 is 2.45 bits per heavy atom. The van der Waals surface area contributed by atoms with Gasteiger partial charge in [-0.15, -0.1) is 0 Å². The Bertz CT molecular complexity index is 640. The maximum absolute atomic E-state index is 11.9. The minimum atomic E-state index is -0.697. The van der Waals surface area contributed by atoms with E-state index >= 15 is 0 Å². The molecule has 0 radical (unpaired) electrons. The summed E-state index contributed by atoms with van der Waals surface area (Å²) >= 11 is 0. The van der Waals surface area contributed by atoms with Crippen LogP contribution >= 0.6 is 0 Å². The molecule has 0 spiro atoms. The van der Waals surface area contributed by atoms with Crippen LogP contribution in [0.15, 0.2) is 42.6 Å². The molecule has 7 nitrogen and oxygen atoms in total. The fourth-order valence-corrected chi connectivity index (χ4v) is 1.52. The minimum Gasteiger partial charge on any atom is -0.397 e. The number of hydrogen-bond acceptors (Lipinski definition) is 5. The second-order valence-electron chi connectivity index (χ2n) is 3.91. The van der Waals surface area contributed by atoms with Crippen LogP contribution in [0.2, 0.25) is 0 Å². The standard InChI is InChI=1S/C13H12N4O3/c14-9-3-1-2-4-10(9)16-13(19)11-6-5-8(7-15-11)12(18)17-20/h1-7,20H,14H2,(H,16,19)(H,17,18). The molecule has 0 aliphatic carbocycles. The predicted octanol–water partition coefficient (Wildman–Crippen LogP) is 1.04. The lowest BCUT2D eigenvalue weighted by Crippen LogP contribution is -2.20. The summed E-state index contributed by atoms with van der Waals surface area (Å²) in [6.07, 6.45) is 1.19. The lowest BCUT2D eigenvalue weighted by atomic mass is 10.2. The van der Waals surface area contributed by atoms with E-state index in [1.54, 1.807) is 24.3 Å². The van der Waals surface area contributed by atoms with Crippen LogP contribution in [0.25, 0.3) is 0 Å². The Kier molecular flexibility index (Phi) is 3.92. The van der Waals surface area contributed by atoms with Gasteiger partial charge in [-0.2, -0.15) is 0 Å². The molecular formula is C13H12N4O3. The van der Waals surface area contributed by atoms with Gasteiger partial charge in [0.1, 0.15) is 5.69 Å². The van der Waals surface area contributed by atoms with Gasteiger partial charge in [0, 0.05) is 6.20 Å². The van der Waals surface area contributed by atoms with Crippen LogP contribution in [0.1, 0.15) is 20.8 Å². The van der Waals surface area contributed by atoms with Crippen molar-refractivity contribution in [3.8, 4) is 0 Å². The van der Waals surface area contributed by atoms with Gasteiger partial charge >= 0.3 is 0 Å². The Balaban J connectivity index is 2.14. The number of carbonyl (C=O) groups excluding carboxylic acids is 2. The molecule has 2 rings (SSSR count). The maximum Gasteiger partial charge on any atom is 0.276 e. The second kappa shape index (κ2) is 5.81. The molecule has 1 aromatic carbocycles. The average Bonchev–Trinajstić information content (AvgIpc) is 2.49. The van der Waals surface area contributed by atoms with Crippen molar-refractivity contribution >= 4 is 23.2 Å². The molecule has 0 aliphatic heterocycles. The molecule has 2 amide bonds. The Morgan fingerprint density at radius 2 is 1.85 bits per heavy atom. The van der Waals surface area contributed by atoms with Gasteiger partial charge in [-0.1, -0.05) is 12.1 Å². The summed E-state index contributed by atoms with van der Waals surface area (Å²) in [6, 6.07) is 9.58. The molecule has 0 unspecified atom stereocenters. The molecule has 0 saturated carbocycles. The number of nitrogen functional groups attached to an aromatic ring is 1. The highest BCUT2D eigenvalue weighted by Gasteiger charge is 2.11. The van der Waals surface area contributed by atoms with Crippen LogP contribution in [0, 0.1) is 0 Å². The number of benzene rings is 1. The smallest absolute Gasteiger partial charge is 0.276 e. The van der Waals surface area contributed by atoms with Crippen molar-refractivity contribution in [2.24, 2.45) is 0 Å². The van der Waals surface area contributed by atoms with Gasteiger partial charge in [0.25, 0.3) is 11.8 Å². The van der Waals surface area contributed by atoms with E-state index in [2.05, 4.69) is 10.3 Å². The topological polar surface area (TPSA) is 117 Å². The third kappa shape index (κ3) is 2.90. The van der Waals surface area contributed by atoms with Crippen LogP contribution in [0.5, 0.6) is 0 Å². The minimum absolute atomic E-state index is 0.128. The summed E-state index contributed by atoms with van der Waals surface area (Å²) < 4.78 is 0. The number of rotatable bonds is 3. The molecule has 0 atom stereocenters. The Labute approximate surface area is 114 Å². The van der Waals surface area contributed by atoms with Crippen molar-refractivity contribution in [3.05, 3.63) is 53.9 Å². The first-order chi connectivity index (χ1) is 9.61. The molecule has 2 aromatic rings. The van der Waals surface area contributed by atoms with Gasteiger partial charge in [0.2, 0.25) is 0 Å². The highest BCUT2D eigenvalue weighted by atomic mass is 16.5. The van der Waals surface area contributed by atoms with E-state index < -0.39 is 11.8 Å². The van der Waals surface area contributed by atoms with Crippen molar-refractivity contribution in [1.82, 2.24) is 10.5 Å². The van der Waals surface area contributed by atoms with Gasteiger partial charge in [-0.05, 0) is 24.3 Å². The quantitative estimate of drug-likeness (QED) is 0.378. The van der Waals surface area contributed by atoms with Crippen molar-refractivity contribution in [2.75, 3.05) is 11.1 Å². The SMILES string of the molecule is Nc1ccccc1NC(=O)c1ccc(C(=O)NO)cn1. The van der Waals surface area contributed by atoms with Crippen LogP contribution in [-0.4, -0.2) is 22.0 Å². The number of nitrogens with zero attached hydrogens (tertiary/aromatic N) is 1. The zero-order valence-corrected chi connectivity index (χ0v) is 10.3. The highest BCUT2D eigenvalue weighted by molar-refractivity contribution is 6.04. The second-order valence-corrected chi connectivity index (χ2v) is 3.91. The van der Waals surface area contributed by atoms with E-state index in [-0.39, 0.29) is 11.3 Å². The molecule has 5 N–H and O–H groups in total. The van der Waals surface area contributed by atoms with Gasteiger partial charge in [0.15, 0.2) is 0 Å². The molecule has 20 heavy (non-hydrogen) atoms. The van der Waals surface area contributed by atoms with Crippen LogP contribution in [-0.2, 0) is 0 Å². The number of amides is 2. The third-order valence-electron chi connectivity index (χ3n) is 2.57. The van der Waals surface area contributed by atoms with Gasteiger partial charge in [0.05, 0.1) is 16.9 Å². The predicted molar refractivity (Wildman–Crippen MR) is 72.3 cm³/mol. The molecule has 1 aromatic heterocycles.